The van der Waals surface area contributed by atoms with Crippen molar-refractivity contribution < 1.29 is 9.18 Å². The summed E-state index contributed by atoms with van der Waals surface area (Å²) in [5, 5.41) is 5.61. The van der Waals surface area contributed by atoms with Gasteiger partial charge >= 0.3 is 0 Å². The summed E-state index contributed by atoms with van der Waals surface area (Å²) in [5.74, 6) is -0.571. The molecule has 1 rings (SSSR count). The molecule has 4 N–H and O–H groups in total. The molecule has 0 aliphatic rings. The lowest BCUT2D eigenvalue weighted by molar-refractivity contribution is -0.119. The Morgan fingerprint density at radius 1 is 1.50 bits per heavy atom. The van der Waals surface area contributed by atoms with Gasteiger partial charge in [-0.05, 0) is 32.0 Å². The third kappa shape index (κ3) is 4.29. The van der Waals surface area contributed by atoms with Crippen LogP contribution in [0.5, 0.6) is 0 Å². The topological polar surface area (TPSA) is 67.2 Å². The molecule has 6 heteroatoms. The van der Waals surface area contributed by atoms with Crippen LogP contribution in [0.15, 0.2) is 18.2 Å². The van der Waals surface area contributed by atoms with E-state index in [9.17, 15) is 9.18 Å². The van der Waals surface area contributed by atoms with Crippen molar-refractivity contribution in [1.29, 1.82) is 0 Å². The minimum Gasteiger partial charge on any atom is -0.389 e. The minimum absolute atomic E-state index is 0.0718. The van der Waals surface area contributed by atoms with Crippen molar-refractivity contribution in [2.75, 3.05) is 11.9 Å². The number of rotatable bonds is 5. The van der Waals surface area contributed by atoms with Crippen LogP contribution >= 0.6 is 12.2 Å². The molecule has 0 spiro atoms. The first-order valence-electron chi connectivity index (χ1n) is 5.52. The maximum atomic E-state index is 13.1. The fourth-order valence-corrected chi connectivity index (χ4v) is 1.59. The molecule has 4 nitrogen and oxygen atoms in total. The first-order chi connectivity index (χ1) is 8.40. The van der Waals surface area contributed by atoms with E-state index in [1.165, 1.54) is 18.2 Å². The second-order valence-electron chi connectivity index (χ2n) is 4.13. The molecule has 0 heterocycles. The molecule has 0 radical (unpaired) electrons. The Morgan fingerprint density at radius 2 is 2.17 bits per heavy atom. The van der Waals surface area contributed by atoms with E-state index < -0.39 is 5.82 Å². The van der Waals surface area contributed by atoms with E-state index in [1.807, 2.05) is 13.8 Å². The Morgan fingerprint density at radius 3 is 2.72 bits per heavy atom. The fourth-order valence-electron chi connectivity index (χ4n) is 1.42. The zero-order valence-corrected chi connectivity index (χ0v) is 11.1. The standard InChI is InChI=1S/C12H16FN3OS/c1-7(2)16-11(17)6-15-10-4-3-8(13)5-9(10)12(14)18/h3-5,7,15H,6H2,1-2H3,(H2,14,18)(H,16,17). The number of thiocarbonyl (C=S) groups is 1. The highest BCUT2D eigenvalue weighted by molar-refractivity contribution is 7.80. The molecule has 1 aromatic rings. The van der Waals surface area contributed by atoms with Crippen molar-refractivity contribution >= 4 is 28.8 Å². The van der Waals surface area contributed by atoms with E-state index in [4.69, 9.17) is 18.0 Å². The minimum atomic E-state index is -0.421. The third-order valence-corrected chi connectivity index (χ3v) is 2.36. The summed E-state index contributed by atoms with van der Waals surface area (Å²) in [6.07, 6.45) is 0. The molecule has 0 aromatic heterocycles. The molecule has 0 saturated heterocycles. The molecule has 0 atom stereocenters. The SMILES string of the molecule is CC(C)NC(=O)CNc1ccc(F)cc1C(N)=S. The van der Waals surface area contributed by atoms with Gasteiger partial charge in [-0.2, -0.15) is 0 Å². The largest absolute Gasteiger partial charge is 0.389 e. The van der Waals surface area contributed by atoms with Crippen molar-refractivity contribution in [2.24, 2.45) is 5.73 Å². The molecule has 0 bridgehead atoms. The molecule has 0 fully saturated rings. The average Bonchev–Trinajstić information content (AvgIpc) is 2.26. The number of nitrogens with one attached hydrogen (secondary N) is 2. The Labute approximate surface area is 111 Å². The summed E-state index contributed by atoms with van der Waals surface area (Å²) in [6.45, 7) is 3.83. The van der Waals surface area contributed by atoms with E-state index >= 15 is 0 Å². The lowest BCUT2D eigenvalue weighted by atomic mass is 10.1. The van der Waals surface area contributed by atoms with Gasteiger partial charge in [0.15, 0.2) is 0 Å². The van der Waals surface area contributed by atoms with Crippen LogP contribution in [0.2, 0.25) is 0 Å². The molecular formula is C12H16FN3OS. The highest BCUT2D eigenvalue weighted by atomic mass is 32.1. The first-order valence-corrected chi connectivity index (χ1v) is 5.93. The lowest BCUT2D eigenvalue weighted by Gasteiger charge is -2.12. The van der Waals surface area contributed by atoms with Crippen molar-refractivity contribution in [3.8, 4) is 0 Å². The van der Waals surface area contributed by atoms with E-state index in [2.05, 4.69) is 10.6 Å². The number of carbonyl (C=O) groups excluding carboxylic acids is 1. The number of carbonyl (C=O) groups is 1. The summed E-state index contributed by atoms with van der Waals surface area (Å²) >= 11 is 4.83. The molecule has 1 amide bonds. The van der Waals surface area contributed by atoms with Gasteiger partial charge in [0.1, 0.15) is 10.8 Å². The van der Waals surface area contributed by atoms with Crippen LogP contribution in [-0.2, 0) is 4.79 Å². The quantitative estimate of drug-likeness (QED) is 0.707. The monoisotopic (exact) mass is 269 g/mol. The van der Waals surface area contributed by atoms with Gasteiger partial charge in [-0.1, -0.05) is 12.2 Å². The number of hydrogen-bond acceptors (Lipinski definition) is 3. The van der Waals surface area contributed by atoms with E-state index in [1.54, 1.807) is 0 Å². The van der Waals surface area contributed by atoms with Gasteiger partial charge in [-0.25, -0.2) is 4.39 Å². The summed E-state index contributed by atoms with van der Waals surface area (Å²) in [4.78, 5) is 11.5. The zero-order chi connectivity index (χ0) is 13.7. The molecule has 0 aliphatic carbocycles. The number of halogens is 1. The summed E-state index contributed by atoms with van der Waals surface area (Å²) in [5.41, 5.74) is 6.43. The van der Waals surface area contributed by atoms with Crippen molar-refractivity contribution in [2.45, 2.75) is 19.9 Å². The Kier molecular flexibility index (Phi) is 5.03. The smallest absolute Gasteiger partial charge is 0.239 e. The zero-order valence-electron chi connectivity index (χ0n) is 10.3. The molecule has 0 saturated carbocycles. The normalized spacial score (nSPS) is 10.2. The maximum absolute atomic E-state index is 13.1. The van der Waals surface area contributed by atoms with Crippen LogP contribution < -0.4 is 16.4 Å². The average molecular weight is 269 g/mol. The van der Waals surface area contributed by atoms with Gasteiger partial charge in [-0.3, -0.25) is 4.79 Å². The van der Waals surface area contributed by atoms with Gasteiger partial charge in [-0.15, -0.1) is 0 Å². The van der Waals surface area contributed by atoms with Crippen LogP contribution in [0.25, 0.3) is 0 Å². The fraction of sp³-hybridized carbons (Fsp3) is 0.333. The third-order valence-electron chi connectivity index (χ3n) is 2.14. The van der Waals surface area contributed by atoms with Gasteiger partial charge in [0.25, 0.3) is 0 Å². The summed E-state index contributed by atoms with van der Waals surface area (Å²) in [6, 6.07) is 4.10. The van der Waals surface area contributed by atoms with E-state index in [-0.39, 0.29) is 23.5 Å². The van der Waals surface area contributed by atoms with Crippen molar-refractivity contribution in [3.05, 3.63) is 29.6 Å². The number of nitrogens with two attached hydrogens (primary N) is 1. The second-order valence-corrected chi connectivity index (χ2v) is 4.57. The predicted octanol–water partition coefficient (Wildman–Crippen LogP) is 1.40. The highest BCUT2D eigenvalue weighted by Gasteiger charge is 2.08. The number of hydrogen-bond donors (Lipinski definition) is 3. The van der Waals surface area contributed by atoms with Gasteiger partial charge in [0.05, 0.1) is 6.54 Å². The Bertz CT molecular complexity index is 463. The molecular weight excluding hydrogens is 253 g/mol. The first kappa shape index (κ1) is 14.4. The summed E-state index contributed by atoms with van der Waals surface area (Å²) < 4.78 is 13.1. The lowest BCUT2D eigenvalue weighted by Crippen LogP contribution is -2.35. The number of anilines is 1. The van der Waals surface area contributed by atoms with E-state index in [0.29, 0.717) is 11.3 Å². The van der Waals surface area contributed by atoms with Gasteiger partial charge < -0.3 is 16.4 Å². The molecule has 0 unspecified atom stereocenters. The van der Waals surface area contributed by atoms with Crippen LogP contribution in [0, 0.1) is 5.82 Å². The van der Waals surface area contributed by atoms with E-state index in [0.717, 1.165) is 0 Å². The van der Waals surface area contributed by atoms with Crippen LogP contribution in [-0.4, -0.2) is 23.5 Å². The number of amides is 1. The van der Waals surface area contributed by atoms with Crippen LogP contribution in [0.1, 0.15) is 19.4 Å². The molecule has 1 aromatic carbocycles. The maximum Gasteiger partial charge on any atom is 0.239 e. The number of benzene rings is 1. The van der Waals surface area contributed by atoms with Crippen molar-refractivity contribution in [1.82, 2.24) is 5.32 Å². The Hall–Kier alpha value is -1.69. The van der Waals surface area contributed by atoms with Crippen LogP contribution in [0.4, 0.5) is 10.1 Å². The summed E-state index contributed by atoms with van der Waals surface area (Å²) in [7, 11) is 0. The van der Waals surface area contributed by atoms with Gasteiger partial charge in [0, 0.05) is 17.3 Å². The molecule has 0 aliphatic heterocycles. The van der Waals surface area contributed by atoms with Crippen molar-refractivity contribution in [3.63, 3.8) is 0 Å². The second kappa shape index (κ2) is 6.30. The van der Waals surface area contributed by atoms with Gasteiger partial charge in [0.2, 0.25) is 5.91 Å². The highest BCUT2D eigenvalue weighted by Crippen LogP contribution is 2.16. The predicted molar refractivity (Wildman–Crippen MR) is 74.1 cm³/mol. The van der Waals surface area contributed by atoms with Crippen LogP contribution in [0.3, 0.4) is 0 Å². The Balaban J connectivity index is 2.73. The molecule has 98 valence electrons. The molecule has 18 heavy (non-hydrogen) atoms.